The molecule has 20 heavy (non-hydrogen) atoms. The number of aliphatic hydroxyl groups is 1. The first-order chi connectivity index (χ1) is 9.60. The average Bonchev–Trinajstić information content (AvgIpc) is 3.00. The van der Waals surface area contributed by atoms with Gasteiger partial charge >= 0.3 is 0 Å². The minimum atomic E-state index is -0.771. The first-order valence-corrected chi connectivity index (χ1v) is 7.79. The molecule has 0 amide bonds. The number of aliphatic hydroxyl groups excluding tert-OH is 1. The van der Waals surface area contributed by atoms with Crippen molar-refractivity contribution in [2.75, 3.05) is 0 Å². The van der Waals surface area contributed by atoms with E-state index >= 15 is 0 Å². The maximum Gasteiger partial charge on any atom is 0.131 e. The molecule has 104 valence electrons. The van der Waals surface area contributed by atoms with Crippen LogP contribution < -0.4 is 0 Å². The number of rotatable bonds is 3. The molecule has 0 aliphatic heterocycles. The van der Waals surface area contributed by atoms with Gasteiger partial charge < -0.3 is 5.11 Å². The summed E-state index contributed by atoms with van der Waals surface area (Å²) in [5, 5.41) is 15.6. The van der Waals surface area contributed by atoms with E-state index < -0.39 is 6.10 Å². The molecule has 3 nitrogen and oxygen atoms in total. The van der Waals surface area contributed by atoms with Crippen LogP contribution in [0.3, 0.4) is 0 Å². The number of thiophene rings is 1. The highest BCUT2D eigenvalue weighted by molar-refractivity contribution is 9.10. The summed E-state index contributed by atoms with van der Waals surface area (Å²) in [7, 11) is 0. The Balaban J connectivity index is 2.07. The molecule has 0 saturated carbocycles. The van der Waals surface area contributed by atoms with E-state index in [0.717, 1.165) is 25.1 Å². The second-order valence-corrected chi connectivity index (χ2v) is 6.40. The highest BCUT2D eigenvalue weighted by Crippen LogP contribution is 2.35. The Bertz CT molecular complexity index is 768. The Morgan fingerprint density at radius 2 is 2.25 bits per heavy atom. The third kappa shape index (κ3) is 2.28. The summed E-state index contributed by atoms with van der Waals surface area (Å²) in [6.45, 7) is 2.65. The van der Waals surface area contributed by atoms with Crippen molar-refractivity contribution in [3.8, 4) is 0 Å². The molecule has 0 aliphatic carbocycles. The van der Waals surface area contributed by atoms with Gasteiger partial charge in [0.2, 0.25) is 0 Å². The number of benzene rings is 1. The van der Waals surface area contributed by atoms with Gasteiger partial charge in [0, 0.05) is 16.1 Å². The molecule has 1 atom stereocenters. The van der Waals surface area contributed by atoms with Crippen LogP contribution in [0, 0.1) is 5.82 Å². The summed E-state index contributed by atoms with van der Waals surface area (Å²) < 4.78 is 16.7. The second-order valence-electron chi connectivity index (χ2n) is 4.43. The van der Waals surface area contributed by atoms with E-state index in [1.807, 2.05) is 13.0 Å². The lowest BCUT2D eigenvalue weighted by atomic mass is 10.2. The Labute approximate surface area is 127 Å². The summed E-state index contributed by atoms with van der Waals surface area (Å²) in [6.07, 6.45) is 0.905. The molecule has 0 spiro atoms. The lowest BCUT2D eigenvalue weighted by molar-refractivity contribution is 0.211. The molecule has 1 N–H and O–H groups in total. The van der Waals surface area contributed by atoms with E-state index in [-0.39, 0.29) is 5.82 Å². The molecule has 2 aromatic heterocycles. The predicted molar refractivity (Wildman–Crippen MR) is 81.4 cm³/mol. The number of halogens is 2. The minimum absolute atomic E-state index is 0.267. The number of nitrogens with zero attached hydrogens (tertiary/aromatic N) is 2. The van der Waals surface area contributed by atoms with E-state index in [1.165, 1.54) is 23.5 Å². The zero-order valence-electron chi connectivity index (χ0n) is 10.7. The minimum Gasteiger partial charge on any atom is -0.381 e. The van der Waals surface area contributed by atoms with Crippen LogP contribution in [0.5, 0.6) is 0 Å². The van der Waals surface area contributed by atoms with Crippen LogP contribution in [-0.4, -0.2) is 14.9 Å². The molecule has 2 heterocycles. The predicted octanol–water partition coefficient (Wildman–Crippen LogP) is 4.10. The molecule has 0 radical (unpaired) electrons. The topological polar surface area (TPSA) is 38.0 Å². The Morgan fingerprint density at radius 1 is 1.45 bits per heavy atom. The zero-order valence-corrected chi connectivity index (χ0v) is 13.1. The summed E-state index contributed by atoms with van der Waals surface area (Å²) >= 11 is 4.87. The van der Waals surface area contributed by atoms with Gasteiger partial charge in [0.1, 0.15) is 11.9 Å². The molecule has 3 rings (SSSR count). The van der Waals surface area contributed by atoms with E-state index in [1.54, 1.807) is 16.9 Å². The molecular formula is C14H12BrFN2OS. The monoisotopic (exact) mass is 354 g/mol. The Kier molecular flexibility index (Phi) is 3.62. The zero-order chi connectivity index (χ0) is 14.3. The van der Waals surface area contributed by atoms with Gasteiger partial charge in [-0.05, 0) is 52.5 Å². The van der Waals surface area contributed by atoms with E-state index in [9.17, 15) is 9.50 Å². The van der Waals surface area contributed by atoms with E-state index in [0.29, 0.717) is 6.54 Å². The number of aromatic nitrogens is 2. The summed E-state index contributed by atoms with van der Waals surface area (Å²) in [5.41, 5.74) is 0.722. The van der Waals surface area contributed by atoms with Crippen molar-refractivity contribution in [2.45, 2.75) is 19.6 Å². The molecule has 0 saturated heterocycles. The average molecular weight is 355 g/mol. The normalized spacial score (nSPS) is 13.0. The molecular weight excluding hydrogens is 343 g/mol. The molecule has 1 unspecified atom stereocenters. The van der Waals surface area contributed by atoms with Crippen molar-refractivity contribution in [1.82, 2.24) is 9.78 Å². The smallest absolute Gasteiger partial charge is 0.131 e. The highest BCUT2D eigenvalue weighted by atomic mass is 79.9. The summed E-state index contributed by atoms with van der Waals surface area (Å²) in [6, 6.07) is 6.47. The van der Waals surface area contributed by atoms with Crippen LogP contribution >= 0.6 is 27.3 Å². The number of hydrogen-bond acceptors (Lipinski definition) is 3. The highest BCUT2D eigenvalue weighted by Gasteiger charge is 2.21. The third-order valence-electron chi connectivity index (χ3n) is 3.16. The van der Waals surface area contributed by atoms with Crippen molar-refractivity contribution in [3.63, 3.8) is 0 Å². The van der Waals surface area contributed by atoms with Crippen molar-refractivity contribution < 1.29 is 9.50 Å². The van der Waals surface area contributed by atoms with Crippen molar-refractivity contribution in [3.05, 3.63) is 51.3 Å². The largest absolute Gasteiger partial charge is 0.381 e. The SMILES string of the molecule is CCn1ncc(Br)c1C(O)c1cc2cc(F)ccc2s1. The molecule has 0 aliphatic rings. The van der Waals surface area contributed by atoms with Gasteiger partial charge in [0.15, 0.2) is 0 Å². The molecule has 6 heteroatoms. The van der Waals surface area contributed by atoms with E-state index in [4.69, 9.17) is 0 Å². The van der Waals surface area contributed by atoms with E-state index in [2.05, 4.69) is 21.0 Å². The number of aryl methyl sites for hydroxylation is 1. The lowest BCUT2D eigenvalue weighted by Gasteiger charge is -2.11. The van der Waals surface area contributed by atoms with Gasteiger partial charge in [0.25, 0.3) is 0 Å². The van der Waals surface area contributed by atoms with Gasteiger partial charge in [-0.3, -0.25) is 4.68 Å². The van der Waals surface area contributed by atoms with Crippen LogP contribution in [0.2, 0.25) is 0 Å². The van der Waals surface area contributed by atoms with Crippen molar-refractivity contribution in [2.24, 2.45) is 0 Å². The maximum absolute atomic E-state index is 13.2. The molecule has 3 aromatic rings. The Morgan fingerprint density at radius 3 is 3.00 bits per heavy atom. The standard InChI is InChI=1S/C14H12BrFN2OS/c1-2-18-13(10(15)7-17-18)14(19)12-6-8-5-9(16)3-4-11(8)20-12/h3-7,14,19H,2H2,1H3. The van der Waals surface area contributed by atoms with Gasteiger partial charge in [-0.2, -0.15) is 5.10 Å². The first-order valence-electron chi connectivity index (χ1n) is 6.18. The van der Waals surface area contributed by atoms with Crippen LogP contribution in [0.25, 0.3) is 10.1 Å². The van der Waals surface area contributed by atoms with Crippen molar-refractivity contribution in [1.29, 1.82) is 0 Å². The lowest BCUT2D eigenvalue weighted by Crippen LogP contribution is -2.08. The van der Waals surface area contributed by atoms with Crippen LogP contribution in [0.4, 0.5) is 4.39 Å². The van der Waals surface area contributed by atoms with Crippen LogP contribution in [0.1, 0.15) is 23.6 Å². The number of hydrogen-bond donors (Lipinski definition) is 1. The number of fused-ring (bicyclic) bond motifs is 1. The fraction of sp³-hybridized carbons (Fsp3) is 0.214. The van der Waals surface area contributed by atoms with Crippen LogP contribution in [-0.2, 0) is 6.54 Å². The summed E-state index contributed by atoms with van der Waals surface area (Å²) in [5.74, 6) is -0.267. The fourth-order valence-electron chi connectivity index (χ4n) is 2.20. The van der Waals surface area contributed by atoms with Gasteiger partial charge in [0.05, 0.1) is 16.4 Å². The fourth-order valence-corrected chi connectivity index (χ4v) is 3.75. The van der Waals surface area contributed by atoms with Gasteiger partial charge in [-0.15, -0.1) is 11.3 Å². The molecule has 0 bridgehead atoms. The maximum atomic E-state index is 13.2. The molecule has 1 aromatic carbocycles. The second kappa shape index (κ2) is 5.27. The van der Waals surface area contributed by atoms with Gasteiger partial charge in [-0.1, -0.05) is 0 Å². The van der Waals surface area contributed by atoms with Gasteiger partial charge in [-0.25, -0.2) is 4.39 Å². The first kappa shape index (κ1) is 13.7. The Hall–Kier alpha value is -1.24. The molecule has 0 fully saturated rings. The van der Waals surface area contributed by atoms with Crippen LogP contribution in [0.15, 0.2) is 34.9 Å². The third-order valence-corrected chi connectivity index (χ3v) is 4.94. The summed E-state index contributed by atoms with van der Waals surface area (Å²) in [4.78, 5) is 0.779. The quantitative estimate of drug-likeness (QED) is 0.768. The van der Waals surface area contributed by atoms with Crippen molar-refractivity contribution >= 4 is 37.4 Å².